The Hall–Kier alpha value is -1.26. The first-order valence-corrected chi connectivity index (χ1v) is 5.35. The molecule has 0 bridgehead atoms. The second-order valence-corrected chi connectivity index (χ2v) is 3.72. The van der Waals surface area contributed by atoms with Crippen molar-refractivity contribution >= 4 is 11.9 Å². The average Bonchev–Trinajstić information content (AvgIpc) is 3.00. The molecule has 0 aromatic rings. The van der Waals surface area contributed by atoms with E-state index in [4.69, 9.17) is 5.73 Å². The van der Waals surface area contributed by atoms with Crippen LogP contribution in [0.15, 0.2) is 4.99 Å². The summed E-state index contributed by atoms with van der Waals surface area (Å²) in [7, 11) is 1.40. The first-order valence-electron chi connectivity index (χ1n) is 5.35. The van der Waals surface area contributed by atoms with Crippen LogP contribution in [-0.4, -0.2) is 31.6 Å². The molecule has 0 spiro atoms. The van der Waals surface area contributed by atoms with Gasteiger partial charge in [-0.1, -0.05) is 0 Å². The van der Waals surface area contributed by atoms with Crippen LogP contribution in [0.25, 0.3) is 0 Å². The Bertz CT molecular complexity index is 237. The van der Waals surface area contributed by atoms with Crippen molar-refractivity contribution in [3.05, 3.63) is 0 Å². The number of hydrogen-bond donors (Lipinski definition) is 2. The standard InChI is InChI=1S/C10H19N3O2/c1-15-9(14)4-2-3-7-12-10(11)13-8-5-6-8/h8H,2-7H2,1H3,(H3,11,12,13). The van der Waals surface area contributed by atoms with Gasteiger partial charge in [0.05, 0.1) is 7.11 Å². The predicted molar refractivity (Wildman–Crippen MR) is 58.5 cm³/mol. The fourth-order valence-corrected chi connectivity index (χ4v) is 1.17. The Morgan fingerprint density at radius 1 is 1.53 bits per heavy atom. The average molecular weight is 213 g/mol. The van der Waals surface area contributed by atoms with E-state index >= 15 is 0 Å². The summed E-state index contributed by atoms with van der Waals surface area (Å²) in [5.41, 5.74) is 5.63. The molecule has 5 heteroatoms. The first-order chi connectivity index (χ1) is 7.22. The molecule has 15 heavy (non-hydrogen) atoms. The largest absolute Gasteiger partial charge is 0.469 e. The molecule has 3 N–H and O–H groups in total. The molecule has 0 aromatic carbocycles. The van der Waals surface area contributed by atoms with E-state index in [1.54, 1.807) is 0 Å². The first kappa shape index (κ1) is 11.8. The Morgan fingerprint density at radius 3 is 2.87 bits per heavy atom. The quantitative estimate of drug-likeness (QED) is 0.290. The molecule has 1 aliphatic rings. The van der Waals surface area contributed by atoms with Crippen molar-refractivity contribution in [2.75, 3.05) is 13.7 Å². The fraction of sp³-hybridized carbons (Fsp3) is 0.800. The van der Waals surface area contributed by atoms with Crippen molar-refractivity contribution in [2.24, 2.45) is 10.7 Å². The SMILES string of the molecule is COC(=O)CCCCN=C(N)NC1CC1. The van der Waals surface area contributed by atoms with Crippen LogP contribution in [0.3, 0.4) is 0 Å². The molecule has 1 aliphatic carbocycles. The van der Waals surface area contributed by atoms with E-state index in [0.717, 1.165) is 12.8 Å². The number of rotatable bonds is 6. The summed E-state index contributed by atoms with van der Waals surface area (Å²) in [6, 6.07) is 0.545. The zero-order valence-electron chi connectivity index (χ0n) is 9.16. The van der Waals surface area contributed by atoms with Crippen LogP contribution >= 0.6 is 0 Å². The van der Waals surface area contributed by atoms with E-state index in [1.165, 1.54) is 20.0 Å². The van der Waals surface area contributed by atoms with Crippen molar-refractivity contribution in [1.82, 2.24) is 5.32 Å². The van der Waals surface area contributed by atoms with E-state index in [9.17, 15) is 4.79 Å². The summed E-state index contributed by atoms with van der Waals surface area (Å²) in [5.74, 6) is 0.360. The molecular formula is C10H19N3O2. The maximum absolute atomic E-state index is 10.8. The zero-order chi connectivity index (χ0) is 11.1. The number of nitrogens with two attached hydrogens (primary N) is 1. The highest BCUT2D eigenvalue weighted by Gasteiger charge is 2.21. The molecular weight excluding hydrogens is 194 g/mol. The predicted octanol–water partition coefficient (Wildman–Crippen LogP) is 0.396. The number of methoxy groups -OCH3 is 1. The topological polar surface area (TPSA) is 76.7 Å². The van der Waals surface area contributed by atoms with Crippen LogP contribution in [0, 0.1) is 0 Å². The van der Waals surface area contributed by atoms with Gasteiger partial charge in [0.15, 0.2) is 5.96 Å². The number of carbonyl (C=O) groups excluding carboxylic acids is 1. The van der Waals surface area contributed by atoms with Gasteiger partial charge in [-0.15, -0.1) is 0 Å². The summed E-state index contributed by atoms with van der Waals surface area (Å²) in [6.45, 7) is 0.669. The molecule has 0 aromatic heterocycles. The second kappa shape index (κ2) is 6.27. The smallest absolute Gasteiger partial charge is 0.305 e. The Balaban J connectivity index is 1.96. The number of aliphatic imine (C=N–C) groups is 1. The van der Waals surface area contributed by atoms with Gasteiger partial charge in [0, 0.05) is 19.0 Å². The van der Waals surface area contributed by atoms with E-state index in [0.29, 0.717) is 25.0 Å². The third-order valence-electron chi connectivity index (χ3n) is 2.23. The summed E-state index contributed by atoms with van der Waals surface area (Å²) in [4.78, 5) is 14.9. The number of nitrogens with zero attached hydrogens (tertiary/aromatic N) is 1. The van der Waals surface area contributed by atoms with Gasteiger partial charge in [0.1, 0.15) is 0 Å². The highest BCUT2D eigenvalue weighted by molar-refractivity contribution is 5.78. The van der Waals surface area contributed by atoms with Gasteiger partial charge < -0.3 is 15.8 Å². The molecule has 0 aliphatic heterocycles. The van der Waals surface area contributed by atoms with Gasteiger partial charge in [-0.2, -0.15) is 0 Å². The van der Waals surface area contributed by atoms with Crippen LogP contribution in [-0.2, 0) is 9.53 Å². The molecule has 1 fully saturated rings. The van der Waals surface area contributed by atoms with E-state index in [-0.39, 0.29) is 5.97 Å². The molecule has 1 rings (SSSR count). The number of esters is 1. The Labute approximate surface area is 90.1 Å². The van der Waals surface area contributed by atoms with Gasteiger partial charge >= 0.3 is 5.97 Å². The Morgan fingerprint density at radius 2 is 2.27 bits per heavy atom. The number of unbranched alkanes of at least 4 members (excludes halogenated alkanes) is 1. The third kappa shape index (κ3) is 5.93. The molecule has 0 unspecified atom stereocenters. The van der Waals surface area contributed by atoms with Gasteiger partial charge in [-0.25, -0.2) is 0 Å². The van der Waals surface area contributed by atoms with Crippen molar-refractivity contribution in [1.29, 1.82) is 0 Å². The second-order valence-electron chi connectivity index (χ2n) is 3.72. The van der Waals surface area contributed by atoms with Crippen LogP contribution in [0.5, 0.6) is 0 Å². The van der Waals surface area contributed by atoms with Crippen molar-refractivity contribution in [3.8, 4) is 0 Å². The number of hydrogen-bond acceptors (Lipinski definition) is 3. The minimum absolute atomic E-state index is 0.164. The van der Waals surface area contributed by atoms with Gasteiger partial charge in [-0.05, 0) is 25.7 Å². The summed E-state index contributed by atoms with van der Waals surface area (Å²) < 4.78 is 4.53. The molecule has 0 atom stereocenters. The molecule has 5 nitrogen and oxygen atoms in total. The molecule has 1 saturated carbocycles. The van der Waals surface area contributed by atoms with Crippen LogP contribution < -0.4 is 11.1 Å². The lowest BCUT2D eigenvalue weighted by molar-refractivity contribution is -0.140. The normalized spacial score (nSPS) is 16.2. The zero-order valence-corrected chi connectivity index (χ0v) is 9.16. The number of ether oxygens (including phenoxy) is 1. The summed E-state index contributed by atoms with van der Waals surface area (Å²) in [5, 5.41) is 3.10. The minimum Gasteiger partial charge on any atom is -0.469 e. The van der Waals surface area contributed by atoms with Crippen LogP contribution in [0.4, 0.5) is 0 Å². The van der Waals surface area contributed by atoms with E-state index < -0.39 is 0 Å². The van der Waals surface area contributed by atoms with Gasteiger partial charge in [0.25, 0.3) is 0 Å². The third-order valence-corrected chi connectivity index (χ3v) is 2.23. The molecule has 0 radical (unpaired) electrons. The molecule has 86 valence electrons. The maximum atomic E-state index is 10.8. The number of guanidine groups is 1. The van der Waals surface area contributed by atoms with Gasteiger partial charge in [-0.3, -0.25) is 9.79 Å². The van der Waals surface area contributed by atoms with Crippen LogP contribution in [0.2, 0.25) is 0 Å². The lowest BCUT2D eigenvalue weighted by Crippen LogP contribution is -2.33. The molecule has 0 saturated heterocycles. The summed E-state index contributed by atoms with van der Waals surface area (Å²) >= 11 is 0. The highest BCUT2D eigenvalue weighted by atomic mass is 16.5. The lowest BCUT2D eigenvalue weighted by atomic mass is 10.2. The fourth-order valence-electron chi connectivity index (χ4n) is 1.17. The molecule has 0 amide bonds. The number of carbonyl (C=O) groups is 1. The minimum atomic E-state index is -0.164. The molecule has 0 heterocycles. The van der Waals surface area contributed by atoms with Crippen molar-refractivity contribution in [3.63, 3.8) is 0 Å². The van der Waals surface area contributed by atoms with Crippen LogP contribution in [0.1, 0.15) is 32.1 Å². The number of nitrogens with one attached hydrogen (secondary N) is 1. The Kier molecular flexibility index (Phi) is 4.93. The van der Waals surface area contributed by atoms with Crippen molar-refractivity contribution < 1.29 is 9.53 Å². The van der Waals surface area contributed by atoms with Crippen molar-refractivity contribution in [2.45, 2.75) is 38.1 Å². The van der Waals surface area contributed by atoms with E-state index in [1.807, 2.05) is 0 Å². The monoisotopic (exact) mass is 213 g/mol. The van der Waals surface area contributed by atoms with E-state index in [2.05, 4.69) is 15.0 Å². The van der Waals surface area contributed by atoms with Gasteiger partial charge in [0.2, 0.25) is 0 Å². The highest BCUT2D eigenvalue weighted by Crippen LogP contribution is 2.17. The lowest BCUT2D eigenvalue weighted by Gasteiger charge is -2.02. The maximum Gasteiger partial charge on any atom is 0.305 e. The summed E-state index contributed by atoms with van der Waals surface area (Å²) in [6.07, 6.45) is 4.51.